The van der Waals surface area contributed by atoms with Crippen LogP contribution in [0.3, 0.4) is 0 Å². The number of aliphatic hydroxyl groups excluding tert-OH is 6. The van der Waals surface area contributed by atoms with Crippen molar-refractivity contribution in [2.75, 3.05) is 48.1 Å². The molecule has 0 amide bonds. The molecule has 0 spiro atoms. The predicted octanol–water partition coefficient (Wildman–Crippen LogP) is 11.2. The molecule has 472 valence electrons. The molecule has 3 saturated heterocycles. The van der Waals surface area contributed by atoms with Gasteiger partial charge in [0.1, 0.15) is 24.5 Å². The number of allylic oxidation sites excluding steroid dienone is 6. The molecule has 3 aliphatic heterocycles. The normalized spacial score (nSPS) is 26.2. The molecule has 1 aromatic heterocycles. The van der Waals surface area contributed by atoms with E-state index in [4.69, 9.17) is 29.2 Å². The van der Waals surface area contributed by atoms with Gasteiger partial charge in [0.2, 0.25) is 0 Å². The number of carbonyl (C=O) groups excluding carboxylic acids is 1. The summed E-state index contributed by atoms with van der Waals surface area (Å²) in [7, 11) is 5.79. The summed E-state index contributed by atoms with van der Waals surface area (Å²) in [5, 5.41) is 65.9. The SMILES string of the molecule is C#CO.CC.CCC(C)C.CCCC(C)CC1CCC(n2cc(CN3CCCC3)nn2)C(OC)C1.CC[C@@H](O)C(OC)C(=O)[C@H](C)CC(C)/C=C/C=C/C=C(\C)CCC1CCC(C)C(O)C(C(O)N2CCCCC2C(O)OC)O1.CO. The second-order valence-corrected chi connectivity index (χ2v) is 23.3. The zero-order chi connectivity index (χ0) is 61.5. The highest BCUT2D eigenvalue weighted by Gasteiger charge is 2.43. The van der Waals surface area contributed by atoms with E-state index in [1.807, 2.05) is 64.9 Å². The van der Waals surface area contributed by atoms with E-state index in [-0.39, 0.29) is 41.8 Å². The van der Waals surface area contributed by atoms with Gasteiger partial charge in [-0.1, -0.05) is 149 Å². The Labute approximate surface area is 493 Å². The number of ketones is 1. The first kappa shape index (κ1) is 78.0. The van der Waals surface area contributed by atoms with Gasteiger partial charge in [0.05, 0.1) is 48.4 Å². The van der Waals surface area contributed by atoms with Gasteiger partial charge in [0.15, 0.2) is 12.1 Å². The van der Waals surface area contributed by atoms with Crippen LogP contribution in [-0.4, -0.2) is 164 Å². The summed E-state index contributed by atoms with van der Waals surface area (Å²) >= 11 is 0. The number of likely N-dealkylation sites (tertiary alicyclic amines) is 2. The lowest BCUT2D eigenvalue weighted by Crippen LogP contribution is -2.59. The summed E-state index contributed by atoms with van der Waals surface area (Å²) in [6.45, 7) is 29.2. The molecule has 1 aromatic rings. The van der Waals surface area contributed by atoms with Crippen LogP contribution in [0, 0.1) is 48.0 Å². The minimum absolute atomic E-state index is 0.00515. The van der Waals surface area contributed by atoms with Gasteiger partial charge in [-0.15, -0.1) is 5.10 Å². The van der Waals surface area contributed by atoms with Crippen molar-refractivity contribution in [3.63, 3.8) is 0 Å². The van der Waals surface area contributed by atoms with E-state index in [1.165, 1.54) is 83.9 Å². The third-order valence-electron chi connectivity index (χ3n) is 16.4. The topological polar surface area (TPSA) is 213 Å². The van der Waals surface area contributed by atoms with Crippen molar-refractivity contribution in [3.05, 3.63) is 47.8 Å². The maximum absolute atomic E-state index is 12.7. The average Bonchev–Trinajstić information content (AvgIpc) is 4.15. The van der Waals surface area contributed by atoms with E-state index in [9.17, 15) is 25.2 Å². The first-order valence-corrected chi connectivity index (χ1v) is 31.3. The van der Waals surface area contributed by atoms with Crippen molar-refractivity contribution in [2.24, 2.45) is 35.5 Å². The van der Waals surface area contributed by atoms with Crippen molar-refractivity contribution in [2.45, 2.75) is 266 Å². The molecule has 0 aromatic carbocycles. The number of Topliss-reactive ketones (excluding diaryl/α,β-unsaturated/α-hetero) is 1. The molecule has 4 heterocycles. The number of nitrogens with zero attached hydrogens (tertiary/aromatic N) is 5. The van der Waals surface area contributed by atoms with Gasteiger partial charge in [-0.2, -0.15) is 0 Å². The molecule has 4 aliphatic rings. The molecule has 13 unspecified atom stereocenters. The lowest BCUT2D eigenvalue weighted by Gasteiger charge is -2.44. The Balaban J connectivity index is 0.00000144. The number of methoxy groups -OCH3 is 3. The summed E-state index contributed by atoms with van der Waals surface area (Å²) in [6.07, 6.45) is 31.3. The highest BCUT2D eigenvalue weighted by atomic mass is 16.6. The molecule has 5 rings (SSSR count). The van der Waals surface area contributed by atoms with E-state index in [0.29, 0.717) is 25.4 Å². The van der Waals surface area contributed by atoms with Gasteiger partial charge >= 0.3 is 0 Å². The molecule has 6 N–H and O–H groups in total. The second kappa shape index (κ2) is 46.3. The molecule has 0 radical (unpaired) electrons. The summed E-state index contributed by atoms with van der Waals surface area (Å²) in [5.41, 5.74) is 2.32. The fraction of sp³-hybridized carbons (Fsp3) is 0.831. The molecule has 16 heteroatoms. The number of ether oxygens (including phenoxy) is 4. The number of rotatable bonds is 26. The maximum atomic E-state index is 12.7. The Kier molecular flexibility index (Phi) is 44.5. The number of carbonyl (C=O) groups is 1. The first-order valence-electron chi connectivity index (χ1n) is 31.3. The van der Waals surface area contributed by atoms with Crippen LogP contribution in [0.25, 0.3) is 0 Å². The van der Waals surface area contributed by atoms with E-state index in [0.717, 1.165) is 94.9 Å². The molecular weight excluding hydrogens is 1030 g/mol. The molecule has 1 aliphatic carbocycles. The highest BCUT2D eigenvalue weighted by molar-refractivity contribution is 5.85. The summed E-state index contributed by atoms with van der Waals surface area (Å²) < 4.78 is 24.8. The number of aliphatic hydroxyl groups is 6. The standard InChI is InChI=1S/C35H61NO8.C20H36N4O.C5H12.C2H2O.C2H6.CH4O/c1-8-29(37)32(42-6)31(39)26(5)22-24(3)15-11-9-10-14-23(2)17-19-27-20-18-25(4)30(38)33(44-27)34(40)36-21-13-12-16-28(36)35(41)43-7;1-4-7-16(2)12-17-8-9-19(20(13-17)25-3)24-15-18(21-22-24)14-23-10-5-6-11-23;1-4-5(2)3;1-2-3;2*1-2/h9-11,14-15,24-30,32-35,37-38,40-41H,8,12-13,16-22H2,1-7H3;15-17,19-20H,4-14H2,1-3H3;5H,4H2,1-3H3;1,3H;1-2H3;2H,1H3/b10-9+,15-11+,23-14+;;;;;/t24?,25?,26-,27?,28?,29-,30?,32?,33?,34?,35?;;;;;/m1...../s1. The molecular formula is C65H121N5O11. The average molecular weight is 1150 g/mol. The fourth-order valence-corrected chi connectivity index (χ4v) is 11.3. The molecule has 16 nitrogen and oxygen atoms in total. The molecule has 81 heavy (non-hydrogen) atoms. The number of terminal acetylenes is 1. The Hall–Kier alpha value is -3.05. The monoisotopic (exact) mass is 1150 g/mol. The lowest BCUT2D eigenvalue weighted by molar-refractivity contribution is -0.214. The van der Waals surface area contributed by atoms with Gasteiger partial charge in [0, 0.05) is 47.4 Å². The second-order valence-electron chi connectivity index (χ2n) is 23.3. The Morgan fingerprint density at radius 2 is 1.54 bits per heavy atom. The number of hydrogen-bond acceptors (Lipinski definition) is 15. The van der Waals surface area contributed by atoms with E-state index in [2.05, 4.69) is 93.1 Å². The molecule has 1 saturated carbocycles. The quantitative estimate of drug-likeness (QED) is 0.0289. The minimum Gasteiger partial charge on any atom is -0.462 e. The van der Waals surface area contributed by atoms with Gasteiger partial charge in [0.25, 0.3) is 0 Å². The minimum atomic E-state index is -1.03. The lowest BCUT2D eigenvalue weighted by atomic mass is 9.78. The molecule has 15 atom stereocenters. The Morgan fingerprint density at radius 3 is 2.12 bits per heavy atom. The predicted molar refractivity (Wildman–Crippen MR) is 329 cm³/mol. The van der Waals surface area contributed by atoms with Gasteiger partial charge < -0.3 is 49.6 Å². The van der Waals surface area contributed by atoms with Gasteiger partial charge in [-0.05, 0) is 139 Å². The first-order chi connectivity index (χ1) is 38.8. The van der Waals surface area contributed by atoms with Crippen LogP contribution in [0.1, 0.15) is 210 Å². The zero-order valence-electron chi connectivity index (χ0n) is 53.8. The maximum Gasteiger partial charge on any atom is 0.169 e. The van der Waals surface area contributed by atoms with Crippen molar-refractivity contribution in [1.29, 1.82) is 0 Å². The van der Waals surface area contributed by atoms with Gasteiger partial charge in [-0.3, -0.25) is 14.6 Å². The van der Waals surface area contributed by atoms with E-state index >= 15 is 0 Å². The zero-order valence-corrected chi connectivity index (χ0v) is 53.8. The number of piperidine rings is 1. The summed E-state index contributed by atoms with van der Waals surface area (Å²) in [6, 6.07) is 0.0156. The third kappa shape index (κ3) is 30.0. The Bertz CT molecular complexity index is 1830. The van der Waals surface area contributed by atoms with Crippen molar-refractivity contribution in [1.82, 2.24) is 24.8 Å². The highest BCUT2D eigenvalue weighted by Crippen LogP contribution is 2.38. The largest absolute Gasteiger partial charge is 0.462 e. The molecule has 4 fully saturated rings. The van der Waals surface area contributed by atoms with E-state index in [1.54, 1.807) is 0 Å². The van der Waals surface area contributed by atoms with Gasteiger partial charge in [-0.25, -0.2) is 4.68 Å². The van der Waals surface area contributed by atoms with Crippen LogP contribution in [0.15, 0.2) is 42.2 Å². The van der Waals surface area contributed by atoms with Crippen molar-refractivity contribution >= 4 is 5.78 Å². The summed E-state index contributed by atoms with van der Waals surface area (Å²) in [4.78, 5) is 17.0. The summed E-state index contributed by atoms with van der Waals surface area (Å²) in [5.74, 6) is 2.45. The van der Waals surface area contributed by atoms with Crippen LogP contribution >= 0.6 is 0 Å². The van der Waals surface area contributed by atoms with Crippen LogP contribution in [0.2, 0.25) is 0 Å². The smallest absolute Gasteiger partial charge is 0.169 e. The van der Waals surface area contributed by atoms with Crippen LogP contribution in [0.5, 0.6) is 0 Å². The number of hydrogen-bond donors (Lipinski definition) is 6. The third-order valence-corrected chi connectivity index (χ3v) is 16.4. The van der Waals surface area contributed by atoms with Crippen LogP contribution in [0.4, 0.5) is 0 Å². The fourth-order valence-electron chi connectivity index (χ4n) is 11.3. The van der Waals surface area contributed by atoms with E-state index < -0.39 is 36.9 Å². The van der Waals surface area contributed by atoms with Crippen molar-refractivity contribution < 1.29 is 54.4 Å². The molecule has 0 bridgehead atoms. The number of aromatic nitrogens is 3. The van der Waals surface area contributed by atoms with Crippen molar-refractivity contribution in [3.8, 4) is 12.5 Å². The van der Waals surface area contributed by atoms with Crippen LogP contribution < -0.4 is 0 Å². The Morgan fingerprint density at radius 1 is 0.901 bits per heavy atom. The van der Waals surface area contributed by atoms with Crippen LogP contribution in [-0.2, 0) is 30.3 Å².